The highest BCUT2D eigenvalue weighted by Crippen LogP contribution is 2.21. The van der Waals surface area contributed by atoms with Gasteiger partial charge in [-0.05, 0) is 25.5 Å². The van der Waals surface area contributed by atoms with Gasteiger partial charge in [0, 0.05) is 6.07 Å². The van der Waals surface area contributed by atoms with Crippen LogP contribution < -0.4 is 10.5 Å². The molecule has 1 aromatic rings. The lowest BCUT2D eigenvalue weighted by Crippen LogP contribution is -2.35. The Balaban J connectivity index is 3.13. The Labute approximate surface area is 109 Å². The molecule has 100 valence electrons. The van der Waals surface area contributed by atoms with Crippen LogP contribution in [-0.4, -0.2) is 18.7 Å². The van der Waals surface area contributed by atoms with Gasteiger partial charge in [0.25, 0.3) is 0 Å². The number of nitrogens with two attached hydrogens (primary N) is 1. The van der Waals surface area contributed by atoms with Crippen molar-refractivity contribution in [1.29, 1.82) is 0 Å². The monoisotopic (exact) mass is 294 g/mol. The summed E-state index contributed by atoms with van der Waals surface area (Å²) in [6.07, 6.45) is 0. The highest BCUT2D eigenvalue weighted by molar-refractivity contribution is 7.95. The molecule has 0 saturated heterocycles. The zero-order chi connectivity index (χ0) is 14.1. The predicted molar refractivity (Wildman–Crippen MR) is 69.9 cm³/mol. The van der Waals surface area contributed by atoms with Crippen molar-refractivity contribution >= 4 is 32.9 Å². The van der Waals surface area contributed by atoms with E-state index in [1.54, 1.807) is 0 Å². The molecular weight excluding hydrogens is 282 g/mol. The normalized spacial score (nSPS) is 13.1. The van der Waals surface area contributed by atoms with Crippen molar-refractivity contribution in [3.63, 3.8) is 0 Å². The molecule has 0 saturated carbocycles. The summed E-state index contributed by atoms with van der Waals surface area (Å²) in [7, 11) is -3.99. The van der Waals surface area contributed by atoms with Gasteiger partial charge in [-0.25, -0.2) is 17.2 Å². The minimum Gasteiger partial charge on any atom is -0.392 e. The topological polar surface area (TPSA) is 72.2 Å². The molecule has 0 aliphatic rings. The summed E-state index contributed by atoms with van der Waals surface area (Å²) in [5.74, 6) is -1.58. The van der Waals surface area contributed by atoms with Crippen LogP contribution in [0, 0.1) is 18.6 Å². The molecule has 3 N–H and O–H groups in total. The van der Waals surface area contributed by atoms with E-state index >= 15 is 0 Å². The Bertz CT molecular complexity index is 588. The van der Waals surface area contributed by atoms with Crippen molar-refractivity contribution in [2.75, 3.05) is 4.72 Å². The summed E-state index contributed by atoms with van der Waals surface area (Å²) in [4.78, 5) is -0.254. The number of aryl methyl sites for hydroxylation is 1. The minimum atomic E-state index is -3.99. The van der Waals surface area contributed by atoms with Gasteiger partial charge in [-0.3, -0.25) is 4.72 Å². The lowest BCUT2D eigenvalue weighted by molar-refractivity contribution is 0.589. The molecule has 0 heterocycles. The highest BCUT2D eigenvalue weighted by Gasteiger charge is 2.24. The van der Waals surface area contributed by atoms with Gasteiger partial charge < -0.3 is 5.73 Å². The van der Waals surface area contributed by atoms with Gasteiger partial charge in [0.15, 0.2) is 0 Å². The zero-order valence-corrected chi connectivity index (χ0v) is 11.3. The van der Waals surface area contributed by atoms with E-state index in [0.29, 0.717) is 0 Å². The van der Waals surface area contributed by atoms with E-state index in [4.69, 9.17) is 5.73 Å². The van der Waals surface area contributed by atoms with Crippen LogP contribution in [0.2, 0.25) is 0 Å². The SMILES string of the molecule is Cc1cc(F)c(NS(=O)(=O)C(C)C(N)=S)cc1F. The largest absolute Gasteiger partial charge is 0.392 e. The Morgan fingerprint density at radius 3 is 2.44 bits per heavy atom. The first-order chi connectivity index (χ1) is 8.15. The maximum Gasteiger partial charge on any atom is 0.241 e. The minimum absolute atomic E-state index is 0.0813. The Kier molecular flexibility index (Phi) is 4.23. The maximum absolute atomic E-state index is 13.5. The summed E-state index contributed by atoms with van der Waals surface area (Å²) in [5, 5.41) is -1.18. The fourth-order valence-electron chi connectivity index (χ4n) is 1.12. The molecule has 0 aromatic heterocycles. The molecule has 1 atom stereocenters. The third-order valence-electron chi connectivity index (χ3n) is 2.37. The van der Waals surface area contributed by atoms with Crippen molar-refractivity contribution in [3.05, 3.63) is 29.3 Å². The first-order valence-corrected chi connectivity index (χ1v) is 6.87. The van der Waals surface area contributed by atoms with Crippen molar-refractivity contribution in [3.8, 4) is 0 Å². The summed E-state index contributed by atoms with van der Waals surface area (Å²) in [5.41, 5.74) is 4.82. The van der Waals surface area contributed by atoms with E-state index in [2.05, 4.69) is 12.2 Å². The van der Waals surface area contributed by atoms with Gasteiger partial charge in [0.2, 0.25) is 10.0 Å². The van der Waals surface area contributed by atoms with Gasteiger partial charge in [0.05, 0.1) is 10.7 Å². The molecular formula is C10H12F2N2O2S2. The molecule has 0 amide bonds. The van der Waals surface area contributed by atoms with Gasteiger partial charge in [-0.2, -0.15) is 0 Å². The molecule has 1 unspecified atom stereocenters. The van der Waals surface area contributed by atoms with E-state index in [0.717, 1.165) is 12.1 Å². The van der Waals surface area contributed by atoms with Crippen LogP contribution in [-0.2, 0) is 10.0 Å². The molecule has 4 nitrogen and oxygen atoms in total. The first kappa shape index (κ1) is 14.8. The van der Waals surface area contributed by atoms with Crippen molar-refractivity contribution in [2.45, 2.75) is 19.1 Å². The standard InChI is InChI=1S/C10H12F2N2O2S2/c1-5-3-8(12)9(4-7(5)11)14-18(15,16)6(2)10(13)17/h3-4,6,14H,1-2H3,(H2,13,17). The zero-order valence-electron chi connectivity index (χ0n) is 9.70. The van der Waals surface area contributed by atoms with Gasteiger partial charge in [-0.15, -0.1) is 0 Å². The molecule has 0 aliphatic heterocycles. The van der Waals surface area contributed by atoms with E-state index in [1.165, 1.54) is 13.8 Å². The first-order valence-electron chi connectivity index (χ1n) is 4.91. The molecule has 0 bridgehead atoms. The van der Waals surface area contributed by atoms with Crippen LogP contribution in [0.4, 0.5) is 14.5 Å². The Morgan fingerprint density at radius 1 is 1.39 bits per heavy atom. The molecule has 8 heteroatoms. The highest BCUT2D eigenvalue weighted by atomic mass is 32.2. The third-order valence-corrected chi connectivity index (χ3v) is 4.56. The Hall–Kier alpha value is -1.28. The summed E-state index contributed by atoms with van der Waals surface area (Å²) in [6, 6.07) is 1.67. The average molecular weight is 294 g/mol. The summed E-state index contributed by atoms with van der Waals surface area (Å²) >= 11 is 4.55. The molecule has 0 spiro atoms. The molecule has 1 rings (SSSR count). The Morgan fingerprint density at radius 2 is 1.94 bits per heavy atom. The number of benzene rings is 1. The molecule has 18 heavy (non-hydrogen) atoms. The summed E-state index contributed by atoms with van der Waals surface area (Å²) < 4.78 is 52.1. The fourth-order valence-corrected chi connectivity index (χ4v) is 2.44. The van der Waals surface area contributed by atoms with Crippen LogP contribution in [0.15, 0.2) is 12.1 Å². The average Bonchev–Trinajstić information content (AvgIpc) is 2.24. The summed E-state index contributed by atoms with van der Waals surface area (Å²) in [6.45, 7) is 2.63. The number of rotatable bonds is 4. The van der Waals surface area contributed by atoms with Crippen molar-refractivity contribution in [1.82, 2.24) is 0 Å². The van der Waals surface area contributed by atoms with E-state index in [-0.39, 0.29) is 10.6 Å². The number of anilines is 1. The molecule has 0 aliphatic carbocycles. The number of nitrogens with one attached hydrogen (secondary N) is 1. The second kappa shape index (κ2) is 5.15. The van der Waals surface area contributed by atoms with Crippen molar-refractivity contribution < 1.29 is 17.2 Å². The van der Waals surface area contributed by atoms with E-state index in [1.807, 2.05) is 4.72 Å². The van der Waals surface area contributed by atoms with Gasteiger partial charge in [0.1, 0.15) is 16.9 Å². The number of sulfonamides is 1. The fraction of sp³-hybridized carbons (Fsp3) is 0.300. The lowest BCUT2D eigenvalue weighted by Gasteiger charge is -2.14. The van der Waals surface area contributed by atoms with Crippen molar-refractivity contribution in [2.24, 2.45) is 5.73 Å². The second-order valence-electron chi connectivity index (χ2n) is 3.77. The van der Waals surface area contributed by atoms with E-state index in [9.17, 15) is 17.2 Å². The second-order valence-corrected chi connectivity index (χ2v) is 6.25. The lowest BCUT2D eigenvalue weighted by atomic mass is 10.2. The van der Waals surface area contributed by atoms with Crippen LogP contribution in [0.25, 0.3) is 0 Å². The van der Waals surface area contributed by atoms with Gasteiger partial charge in [-0.1, -0.05) is 12.2 Å². The predicted octanol–water partition coefficient (Wildman–Crippen LogP) is 1.69. The molecule has 0 fully saturated rings. The number of hydrogen-bond acceptors (Lipinski definition) is 3. The maximum atomic E-state index is 13.5. The van der Waals surface area contributed by atoms with Crippen LogP contribution >= 0.6 is 12.2 Å². The third kappa shape index (κ3) is 3.14. The smallest absolute Gasteiger partial charge is 0.241 e. The number of halogens is 2. The number of thiocarbonyl (C=S) groups is 1. The quantitative estimate of drug-likeness (QED) is 0.829. The van der Waals surface area contributed by atoms with Gasteiger partial charge >= 0.3 is 0 Å². The van der Waals surface area contributed by atoms with Crippen LogP contribution in [0.1, 0.15) is 12.5 Å². The molecule has 0 radical (unpaired) electrons. The molecule has 1 aromatic carbocycles. The number of hydrogen-bond donors (Lipinski definition) is 2. The van der Waals surface area contributed by atoms with Crippen LogP contribution in [0.3, 0.4) is 0 Å². The van der Waals surface area contributed by atoms with E-state index < -0.39 is 32.6 Å². The van der Waals surface area contributed by atoms with Crippen LogP contribution in [0.5, 0.6) is 0 Å².